The first kappa shape index (κ1) is 14.9. The average molecular weight is 251 g/mol. The van der Waals surface area contributed by atoms with Gasteiger partial charge in [0.25, 0.3) is 0 Å². The van der Waals surface area contributed by atoms with Crippen LogP contribution in [0, 0.1) is 0 Å². The van der Waals surface area contributed by atoms with E-state index in [1.807, 2.05) is 17.8 Å². The van der Waals surface area contributed by atoms with Gasteiger partial charge in [-0.1, -0.05) is 19.9 Å². The van der Waals surface area contributed by atoms with Crippen molar-refractivity contribution < 1.29 is 4.74 Å². The molecule has 0 bridgehead atoms. The highest BCUT2D eigenvalue weighted by molar-refractivity contribution is 5.19. The second kappa shape index (κ2) is 8.06. The molecule has 0 fully saturated rings. The van der Waals surface area contributed by atoms with Crippen molar-refractivity contribution >= 4 is 0 Å². The lowest BCUT2D eigenvalue weighted by Crippen LogP contribution is -2.20. The Morgan fingerprint density at radius 3 is 2.94 bits per heavy atom. The van der Waals surface area contributed by atoms with Gasteiger partial charge in [-0.05, 0) is 12.3 Å². The minimum atomic E-state index is 0.465. The highest BCUT2D eigenvalue weighted by Crippen LogP contribution is 2.16. The molecule has 0 aliphatic carbocycles. The van der Waals surface area contributed by atoms with Crippen LogP contribution in [0.25, 0.3) is 0 Å². The summed E-state index contributed by atoms with van der Waals surface area (Å²) in [4.78, 5) is 0. The summed E-state index contributed by atoms with van der Waals surface area (Å²) in [7, 11) is 1.97. The Morgan fingerprint density at radius 1 is 1.50 bits per heavy atom. The summed E-state index contributed by atoms with van der Waals surface area (Å²) < 4.78 is 7.32. The first-order chi connectivity index (χ1) is 8.65. The zero-order valence-electron chi connectivity index (χ0n) is 11.8. The highest BCUT2D eigenvalue weighted by Gasteiger charge is 2.10. The fourth-order valence-electron chi connectivity index (χ4n) is 1.81. The van der Waals surface area contributed by atoms with Crippen molar-refractivity contribution in [3.63, 3.8) is 0 Å². The van der Waals surface area contributed by atoms with Gasteiger partial charge in [-0.3, -0.25) is 4.68 Å². The van der Waals surface area contributed by atoms with Gasteiger partial charge < -0.3 is 10.1 Å². The molecule has 0 amide bonds. The number of hydrogen-bond acceptors (Lipinski definition) is 3. The van der Waals surface area contributed by atoms with Gasteiger partial charge in [0.1, 0.15) is 0 Å². The number of rotatable bonds is 9. The molecule has 0 radical (unpaired) electrons. The monoisotopic (exact) mass is 251 g/mol. The largest absolute Gasteiger partial charge is 0.380 e. The van der Waals surface area contributed by atoms with E-state index < -0.39 is 0 Å². The van der Waals surface area contributed by atoms with Crippen LogP contribution < -0.4 is 5.32 Å². The molecule has 1 aromatic rings. The average Bonchev–Trinajstić information content (AvgIpc) is 2.69. The summed E-state index contributed by atoms with van der Waals surface area (Å²) in [5.74, 6) is 0.465. The van der Waals surface area contributed by atoms with Gasteiger partial charge in [0.2, 0.25) is 0 Å². The zero-order valence-corrected chi connectivity index (χ0v) is 11.8. The van der Waals surface area contributed by atoms with Gasteiger partial charge in [0.15, 0.2) is 0 Å². The minimum Gasteiger partial charge on any atom is -0.380 e. The maximum Gasteiger partial charge on any atom is 0.0694 e. The Morgan fingerprint density at radius 2 is 2.28 bits per heavy atom. The van der Waals surface area contributed by atoms with E-state index in [-0.39, 0.29) is 0 Å². The molecule has 0 unspecified atom stereocenters. The van der Waals surface area contributed by atoms with Crippen molar-refractivity contribution in [2.75, 3.05) is 19.8 Å². The Hall–Kier alpha value is -1.13. The smallest absolute Gasteiger partial charge is 0.0694 e. The molecule has 102 valence electrons. The first-order valence-electron chi connectivity index (χ1n) is 6.57. The molecule has 0 atom stereocenters. The molecule has 0 saturated heterocycles. The van der Waals surface area contributed by atoms with Crippen molar-refractivity contribution in [1.29, 1.82) is 0 Å². The normalized spacial score (nSPS) is 11.1. The summed E-state index contributed by atoms with van der Waals surface area (Å²) >= 11 is 0. The molecule has 18 heavy (non-hydrogen) atoms. The molecule has 0 saturated carbocycles. The molecule has 1 aromatic heterocycles. The van der Waals surface area contributed by atoms with E-state index in [2.05, 4.69) is 37.0 Å². The second-order valence-electron chi connectivity index (χ2n) is 4.73. The first-order valence-corrected chi connectivity index (χ1v) is 6.57. The summed E-state index contributed by atoms with van der Waals surface area (Å²) in [5, 5.41) is 7.87. The van der Waals surface area contributed by atoms with Gasteiger partial charge in [-0.2, -0.15) is 5.10 Å². The van der Waals surface area contributed by atoms with Gasteiger partial charge in [0.05, 0.1) is 18.9 Å². The van der Waals surface area contributed by atoms with E-state index in [0.29, 0.717) is 5.92 Å². The van der Waals surface area contributed by atoms with Gasteiger partial charge in [-0.15, -0.1) is 6.58 Å². The van der Waals surface area contributed by atoms with Crippen molar-refractivity contribution in [2.45, 2.75) is 32.7 Å². The molecule has 1 rings (SSSR count). The lowest BCUT2D eigenvalue weighted by Gasteiger charge is -2.07. The van der Waals surface area contributed by atoms with Crippen LogP contribution in [0.5, 0.6) is 0 Å². The SMILES string of the molecule is C=CCCOCCNCc1cn(C)nc1C(C)C. The van der Waals surface area contributed by atoms with E-state index >= 15 is 0 Å². The maximum absolute atomic E-state index is 5.44. The number of nitrogens with one attached hydrogen (secondary N) is 1. The number of hydrogen-bond donors (Lipinski definition) is 1. The van der Waals surface area contributed by atoms with Gasteiger partial charge in [-0.25, -0.2) is 0 Å². The van der Waals surface area contributed by atoms with Crippen LogP contribution in [-0.4, -0.2) is 29.5 Å². The summed E-state index contributed by atoms with van der Waals surface area (Å²) in [6.07, 6.45) is 4.87. The van der Waals surface area contributed by atoms with Crippen LogP contribution in [-0.2, 0) is 18.3 Å². The van der Waals surface area contributed by atoms with Gasteiger partial charge >= 0.3 is 0 Å². The molecule has 0 aliphatic heterocycles. The van der Waals surface area contributed by atoms with Crippen LogP contribution >= 0.6 is 0 Å². The molecule has 1 heterocycles. The third-order valence-corrected chi connectivity index (χ3v) is 2.69. The predicted octanol–water partition coefficient (Wildman–Crippen LogP) is 2.23. The van der Waals surface area contributed by atoms with E-state index in [4.69, 9.17) is 4.74 Å². The van der Waals surface area contributed by atoms with Crippen LogP contribution in [0.2, 0.25) is 0 Å². The Kier molecular flexibility index (Phi) is 6.68. The lowest BCUT2D eigenvalue weighted by atomic mass is 10.1. The number of nitrogens with zero attached hydrogens (tertiary/aromatic N) is 2. The van der Waals surface area contributed by atoms with E-state index in [1.54, 1.807) is 0 Å². The number of aryl methyl sites for hydroxylation is 1. The fourth-order valence-corrected chi connectivity index (χ4v) is 1.81. The summed E-state index contributed by atoms with van der Waals surface area (Å²) in [5.41, 5.74) is 2.45. The summed E-state index contributed by atoms with van der Waals surface area (Å²) in [6, 6.07) is 0. The fraction of sp³-hybridized carbons (Fsp3) is 0.643. The highest BCUT2D eigenvalue weighted by atomic mass is 16.5. The van der Waals surface area contributed by atoms with Crippen molar-refractivity contribution in [3.8, 4) is 0 Å². The third-order valence-electron chi connectivity index (χ3n) is 2.69. The molecule has 0 aliphatic rings. The maximum atomic E-state index is 5.44. The summed E-state index contributed by atoms with van der Waals surface area (Å²) in [6.45, 7) is 11.2. The minimum absolute atomic E-state index is 0.465. The molecule has 1 N–H and O–H groups in total. The van der Waals surface area contributed by atoms with Gasteiger partial charge in [0, 0.05) is 31.9 Å². The van der Waals surface area contributed by atoms with E-state index in [1.165, 1.54) is 11.3 Å². The topological polar surface area (TPSA) is 39.1 Å². The second-order valence-corrected chi connectivity index (χ2v) is 4.73. The molecule has 0 spiro atoms. The van der Waals surface area contributed by atoms with Crippen LogP contribution in [0.4, 0.5) is 0 Å². The lowest BCUT2D eigenvalue weighted by molar-refractivity contribution is 0.140. The van der Waals surface area contributed by atoms with E-state index in [0.717, 1.165) is 32.7 Å². The van der Waals surface area contributed by atoms with E-state index in [9.17, 15) is 0 Å². The van der Waals surface area contributed by atoms with Crippen molar-refractivity contribution in [1.82, 2.24) is 15.1 Å². The molecular formula is C14H25N3O. The standard InChI is InChI=1S/C14H25N3O/c1-5-6-8-18-9-7-15-10-13-11-17(4)16-14(13)12(2)3/h5,11-12,15H,1,6-10H2,2-4H3. The zero-order chi connectivity index (χ0) is 13.4. The third kappa shape index (κ3) is 5.02. The quantitative estimate of drug-likeness (QED) is 0.540. The Labute approximate surface area is 110 Å². The molecular weight excluding hydrogens is 226 g/mol. The predicted molar refractivity (Wildman–Crippen MR) is 74.6 cm³/mol. The van der Waals surface area contributed by atoms with Crippen LogP contribution in [0.1, 0.15) is 37.4 Å². The van der Waals surface area contributed by atoms with Crippen LogP contribution in [0.15, 0.2) is 18.9 Å². The Bertz CT molecular complexity index is 358. The number of ether oxygens (including phenoxy) is 1. The molecule has 4 heteroatoms. The molecule has 4 nitrogen and oxygen atoms in total. The Balaban J connectivity index is 2.24. The van der Waals surface area contributed by atoms with Crippen molar-refractivity contribution in [2.24, 2.45) is 7.05 Å². The molecule has 0 aromatic carbocycles. The van der Waals surface area contributed by atoms with Crippen LogP contribution in [0.3, 0.4) is 0 Å². The van der Waals surface area contributed by atoms with Crippen molar-refractivity contribution in [3.05, 3.63) is 30.1 Å². The number of aromatic nitrogens is 2.